The van der Waals surface area contributed by atoms with Gasteiger partial charge in [0, 0.05) is 12.8 Å². The molecule has 11 heavy (non-hydrogen) atoms. The summed E-state index contributed by atoms with van der Waals surface area (Å²) < 4.78 is 0. The van der Waals surface area contributed by atoms with Gasteiger partial charge < -0.3 is 16.2 Å². The highest BCUT2D eigenvalue weighted by atomic mass is 16.3. The van der Waals surface area contributed by atoms with Gasteiger partial charge in [-0.1, -0.05) is 0 Å². The SMILES string of the molecule is NC(=O)CCCC(=O)NCO. The first-order valence-corrected chi connectivity index (χ1v) is 3.32. The number of hydrogen-bond acceptors (Lipinski definition) is 3. The molecule has 0 saturated heterocycles. The van der Waals surface area contributed by atoms with E-state index in [1.807, 2.05) is 0 Å². The monoisotopic (exact) mass is 160 g/mol. The number of aliphatic hydroxyl groups excluding tert-OH is 1. The van der Waals surface area contributed by atoms with Crippen LogP contribution in [-0.2, 0) is 9.59 Å². The number of carbonyl (C=O) groups is 2. The average Bonchev–Trinajstić information content (AvgIpc) is 1.87. The van der Waals surface area contributed by atoms with Crippen molar-refractivity contribution in [2.75, 3.05) is 6.73 Å². The summed E-state index contributed by atoms with van der Waals surface area (Å²) in [5.41, 5.74) is 4.83. The van der Waals surface area contributed by atoms with Crippen molar-refractivity contribution in [3.8, 4) is 0 Å². The van der Waals surface area contributed by atoms with Gasteiger partial charge >= 0.3 is 0 Å². The van der Waals surface area contributed by atoms with Crippen LogP contribution < -0.4 is 11.1 Å². The Morgan fingerprint density at radius 1 is 1.36 bits per heavy atom. The van der Waals surface area contributed by atoms with E-state index in [0.717, 1.165) is 0 Å². The lowest BCUT2D eigenvalue weighted by Crippen LogP contribution is -2.24. The van der Waals surface area contributed by atoms with Crippen molar-refractivity contribution in [1.29, 1.82) is 0 Å². The Kier molecular flexibility index (Phi) is 5.10. The number of nitrogens with one attached hydrogen (secondary N) is 1. The van der Waals surface area contributed by atoms with Gasteiger partial charge in [-0.3, -0.25) is 9.59 Å². The highest BCUT2D eigenvalue weighted by molar-refractivity contribution is 5.77. The lowest BCUT2D eigenvalue weighted by Gasteiger charge is -1.98. The van der Waals surface area contributed by atoms with Crippen LogP contribution in [0.1, 0.15) is 19.3 Å². The third-order valence-electron chi connectivity index (χ3n) is 1.10. The van der Waals surface area contributed by atoms with Crippen molar-refractivity contribution in [2.45, 2.75) is 19.3 Å². The van der Waals surface area contributed by atoms with E-state index in [1.54, 1.807) is 0 Å². The summed E-state index contributed by atoms with van der Waals surface area (Å²) in [6.07, 6.45) is 0.865. The van der Waals surface area contributed by atoms with Crippen LogP contribution in [0.5, 0.6) is 0 Å². The molecule has 0 saturated carbocycles. The summed E-state index contributed by atoms with van der Waals surface area (Å²) in [5, 5.41) is 10.4. The fourth-order valence-corrected chi connectivity index (χ4v) is 0.600. The summed E-state index contributed by atoms with van der Waals surface area (Å²) in [5.74, 6) is -0.685. The van der Waals surface area contributed by atoms with Crippen molar-refractivity contribution >= 4 is 11.8 Å². The van der Waals surface area contributed by atoms with Crippen LogP contribution in [0.2, 0.25) is 0 Å². The summed E-state index contributed by atoms with van der Waals surface area (Å²) in [7, 11) is 0. The predicted octanol–water partition coefficient (Wildman–Crippen LogP) is -1.29. The molecule has 0 bridgehead atoms. The zero-order valence-electron chi connectivity index (χ0n) is 6.17. The Morgan fingerprint density at radius 3 is 2.45 bits per heavy atom. The lowest BCUT2D eigenvalue weighted by atomic mass is 10.2. The molecule has 5 nitrogen and oxygen atoms in total. The molecule has 0 aliphatic heterocycles. The van der Waals surface area contributed by atoms with E-state index in [2.05, 4.69) is 5.32 Å². The minimum Gasteiger partial charge on any atom is -0.377 e. The first-order chi connectivity index (χ1) is 5.16. The van der Waals surface area contributed by atoms with E-state index in [0.29, 0.717) is 6.42 Å². The molecule has 0 aromatic carbocycles. The number of primary amides is 1. The highest BCUT2D eigenvalue weighted by Crippen LogP contribution is 1.93. The fourth-order valence-electron chi connectivity index (χ4n) is 0.600. The van der Waals surface area contributed by atoms with Crippen LogP contribution in [0.15, 0.2) is 0 Å². The molecule has 0 aromatic heterocycles. The Bertz CT molecular complexity index is 147. The highest BCUT2D eigenvalue weighted by Gasteiger charge is 2.00. The zero-order valence-corrected chi connectivity index (χ0v) is 6.17. The van der Waals surface area contributed by atoms with E-state index in [-0.39, 0.29) is 25.5 Å². The molecule has 0 heterocycles. The standard InChI is InChI=1S/C6H12N2O3/c7-5(10)2-1-3-6(11)8-4-9/h9H,1-4H2,(H2,7,10)(H,8,11). The zero-order chi connectivity index (χ0) is 8.69. The van der Waals surface area contributed by atoms with Gasteiger partial charge in [0.2, 0.25) is 11.8 Å². The largest absolute Gasteiger partial charge is 0.377 e. The van der Waals surface area contributed by atoms with Crippen molar-refractivity contribution in [3.63, 3.8) is 0 Å². The molecule has 0 spiro atoms. The van der Waals surface area contributed by atoms with Crippen molar-refractivity contribution in [3.05, 3.63) is 0 Å². The van der Waals surface area contributed by atoms with Gasteiger partial charge in [0.25, 0.3) is 0 Å². The number of carbonyl (C=O) groups excluding carboxylic acids is 2. The minimum absolute atomic E-state index is 0.207. The number of rotatable bonds is 5. The molecule has 0 radical (unpaired) electrons. The van der Waals surface area contributed by atoms with Gasteiger partial charge in [-0.25, -0.2) is 0 Å². The average molecular weight is 160 g/mol. The van der Waals surface area contributed by atoms with E-state index in [1.165, 1.54) is 0 Å². The summed E-state index contributed by atoms with van der Waals surface area (Å²) in [4.78, 5) is 20.8. The van der Waals surface area contributed by atoms with Crippen molar-refractivity contribution in [1.82, 2.24) is 5.32 Å². The van der Waals surface area contributed by atoms with Gasteiger partial charge in [0.15, 0.2) is 0 Å². The second-order valence-electron chi connectivity index (χ2n) is 2.08. The summed E-state index contributed by atoms with van der Waals surface area (Å²) in [6.45, 7) is -0.366. The van der Waals surface area contributed by atoms with E-state index in [9.17, 15) is 9.59 Å². The second kappa shape index (κ2) is 5.67. The Balaban J connectivity index is 3.24. The maximum absolute atomic E-state index is 10.6. The molecule has 0 rings (SSSR count). The maximum atomic E-state index is 10.6. The Morgan fingerprint density at radius 2 is 2.00 bits per heavy atom. The third kappa shape index (κ3) is 6.79. The van der Waals surface area contributed by atoms with Crippen LogP contribution in [0.4, 0.5) is 0 Å². The van der Waals surface area contributed by atoms with Crippen LogP contribution in [-0.4, -0.2) is 23.7 Å². The molecule has 0 aliphatic carbocycles. The maximum Gasteiger partial charge on any atom is 0.221 e. The molecule has 0 fully saturated rings. The molecule has 0 aromatic rings. The van der Waals surface area contributed by atoms with Gasteiger partial charge in [0.05, 0.1) is 0 Å². The quantitative estimate of drug-likeness (QED) is 0.437. The van der Waals surface area contributed by atoms with E-state index in [4.69, 9.17) is 10.8 Å². The molecule has 64 valence electrons. The molecular weight excluding hydrogens is 148 g/mol. The Labute approximate surface area is 64.6 Å². The van der Waals surface area contributed by atoms with Crippen LogP contribution in [0.25, 0.3) is 0 Å². The lowest BCUT2D eigenvalue weighted by molar-refractivity contribution is -0.122. The van der Waals surface area contributed by atoms with Gasteiger partial charge in [-0.2, -0.15) is 0 Å². The molecule has 2 amide bonds. The van der Waals surface area contributed by atoms with Gasteiger partial charge in [-0.15, -0.1) is 0 Å². The molecule has 0 unspecified atom stereocenters. The van der Waals surface area contributed by atoms with Gasteiger partial charge in [0.1, 0.15) is 6.73 Å². The van der Waals surface area contributed by atoms with Crippen LogP contribution >= 0.6 is 0 Å². The molecule has 0 aliphatic rings. The van der Waals surface area contributed by atoms with E-state index < -0.39 is 5.91 Å². The molecule has 4 N–H and O–H groups in total. The topological polar surface area (TPSA) is 92.4 Å². The van der Waals surface area contributed by atoms with Crippen LogP contribution in [0.3, 0.4) is 0 Å². The number of hydrogen-bond donors (Lipinski definition) is 3. The summed E-state index contributed by atoms with van der Waals surface area (Å²) >= 11 is 0. The fraction of sp³-hybridized carbons (Fsp3) is 0.667. The van der Waals surface area contributed by atoms with Crippen molar-refractivity contribution < 1.29 is 14.7 Å². The first kappa shape index (κ1) is 9.90. The molecule has 0 atom stereocenters. The third-order valence-corrected chi connectivity index (χ3v) is 1.10. The van der Waals surface area contributed by atoms with Crippen molar-refractivity contribution in [2.24, 2.45) is 5.73 Å². The van der Waals surface area contributed by atoms with Crippen LogP contribution in [0, 0.1) is 0 Å². The number of amides is 2. The smallest absolute Gasteiger partial charge is 0.221 e. The van der Waals surface area contributed by atoms with Gasteiger partial charge in [-0.05, 0) is 6.42 Å². The molecular formula is C6H12N2O3. The van der Waals surface area contributed by atoms with E-state index >= 15 is 0 Å². The Hall–Kier alpha value is -1.10. The minimum atomic E-state index is -0.415. The number of nitrogens with two attached hydrogens (primary N) is 1. The first-order valence-electron chi connectivity index (χ1n) is 3.32. The number of aliphatic hydroxyl groups is 1. The molecule has 5 heteroatoms. The second-order valence-corrected chi connectivity index (χ2v) is 2.08. The normalized spacial score (nSPS) is 9.18. The summed E-state index contributed by atoms with van der Waals surface area (Å²) in [6, 6.07) is 0. The predicted molar refractivity (Wildman–Crippen MR) is 38.3 cm³/mol.